The predicted molar refractivity (Wildman–Crippen MR) is 117 cm³/mol. The van der Waals surface area contributed by atoms with Crippen molar-refractivity contribution in [2.24, 2.45) is 5.92 Å². The zero-order valence-electron chi connectivity index (χ0n) is 18.4. The molecule has 33 heavy (non-hydrogen) atoms. The van der Waals surface area contributed by atoms with Crippen LogP contribution in [0.15, 0.2) is 41.5 Å². The Bertz CT molecular complexity index is 1160. The minimum absolute atomic E-state index is 0.0736. The van der Waals surface area contributed by atoms with Gasteiger partial charge in [0.25, 0.3) is 5.56 Å². The summed E-state index contributed by atoms with van der Waals surface area (Å²) in [6.07, 6.45) is 1.54. The summed E-state index contributed by atoms with van der Waals surface area (Å²) < 4.78 is 45.3. The largest absolute Gasteiger partial charge is 0.495 e. The Morgan fingerprint density at radius 3 is 2.64 bits per heavy atom. The van der Waals surface area contributed by atoms with Crippen LogP contribution in [0.25, 0.3) is 11.0 Å². The third-order valence-corrected chi connectivity index (χ3v) is 6.17. The molecule has 0 aliphatic carbocycles. The van der Waals surface area contributed by atoms with Gasteiger partial charge in [-0.05, 0) is 56.8 Å². The number of hydrogen-bond acceptors (Lipinski definition) is 6. The van der Waals surface area contributed by atoms with Crippen molar-refractivity contribution in [2.75, 3.05) is 26.7 Å². The number of hydrogen-bond donors (Lipinski definition) is 0. The third-order valence-electron chi connectivity index (χ3n) is 6.17. The molecule has 1 aliphatic rings. The molecule has 0 aromatic carbocycles. The topological polar surface area (TPSA) is 73.1 Å². The van der Waals surface area contributed by atoms with Gasteiger partial charge in [-0.15, -0.1) is 0 Å². The van der Waals surface area contributed by atoms with Gasteiger partial charge in [-0.1, -0.05) is 0 Å². The SMILES string of the molecule is COc1cnc2ccc(=O)n(CCN3CCC(CCc4ccnc(C(F)(F)F)n4)CC3)c2c1. The molecular weight excluding hydrogens is 435 g/mol. The molecule has 0 spiro atoms. The molecule has 1 fully saturated rings. The highest BCUT2D eigenvalue weighted by atomic mass is 19.4. The van der Waals surface area contributed by atoms with Gasteiger partial charge in [0.05, 0.1) is 24.3 Å². The molecule has 4 rings (SSSR count). The molecule has 0 atom stereocenters. The molecule has 0 unspecified atom stereocenters. The molecule has 10 heteroatoms. The number of methoxy groups -OCH3 is 1. The molecule has 0 radical (unpaired) electrons. The number of aryl methyl sites for hydroxylation is 1. The number of ether oxygens (including phenoxy) is 1. The van der Waals surface area contributed by atoms with Crippen molar-refractivity contribution in [3.05, 3.63) is 58.5 Å². The van der Waals surface area contributed by atoms with Crippen molar-refractivity contribution in [3.63, 3.8) is 0 Å². The van der Waals surface area contributed by atoms with Crippen molar-refractivity contribution in [1.29, 1.82) is 0 Å². The second-order valence-corrected chi connectivity index (χ2v) is 8.30. The molecular formula is C23H26F3N5O2. The molecule has 0 N–H and O–H groups in total. The highest BCUT2D eigenvalue weighted by molar-refractivity contribution is 5.75. The van der Waals surface area contributed by atoms with Crippen molar-refractivity contribution in [1.82, 2.24) is 24.4 Å². The normalized spacial score (nSPS) is 15.8. The molecule has 0 bridgehead atoms. The van der Waals surface area contributed by atoms with Gasteiger partial charge < -0.3 is 14.2 Å². The summed E-state index contributed by atoms with van der Waals surface area (Å²) in [5.74, 6) is -0.0284. The second kappa shape index (κ2) is 9.86. The fraction of sp³-hybridized carbons (Fsp3) is 0.478. The number of pyridine rings is 2. The lowest BCUT2D eigenvalue weighted by Gasteiger charge is -2.32. The maximum absolute atomic E-state index is 12.8. The van der Waals surface area contributed by atoms with Gasteiger partial charge in [-0.3, -0.25) is 9.78 Å². The van der Waals surface area contributed by atoms with Crippen molar-refractivity contribution < 1.29 is 17.9 Å². The first-order valence-electron chi connectivity index (χ1n) is 11.0. The number of alkyl halides is 3. The number of rotatable bonds is 7. The van der Waals surface area contributed by atoms with Gasteiger partial charge in [0, 0.05) is 37.1 Å². The van der Waals surface area contributed by atoms with Crippen LogP contribution in [0.5, 0.6) is 5.75 Å². The minimum atomic E-state index is -4.52. The summed E-state index contributed by atoms with van der Waals surface area (Å²) in [4.78, 5) is 26.1. The van der Waals surface area contributed by atoms with E-state index in [-0.39, 0.29) is 5.56 Å². The molecule has 3 aromatic rings. The Kier molecular flexibility index (Phi) is 6.92. The van der Waals surface area contributed by atoms with Gasteiger partial charge in [-0.2, -0.15) is 13.2 Å². The minimum Gasteiger partial charge on any atom is -0.495 e. The lowest BCUT2D eigenvalue weighted by Crippen LogP contribution is -2.37. The third kappa shape index (κ3) is 5.68. The van der Waals surface area contributed by atoms with E-state index in [0.29, 0.717) is 30.3 Å². The zero-order valence-corrected chi connectivity index (χ0v) is 18.4. The van der Waals surface area contributed by atoms with E-state index in [1.165, 1.54) is 12.3 Å². The fourth-order valence-electron chi connectivity index (χ4n) is 4.26. The summed E-state index contributed by atoms with van der Waals surface area (Å²) in [5, 5.41) is 0. The predicted octanol–water partition coefficient (Wildman–Crippen LogP) is 3.56. The quantitative estimate of drug-likeness (QED) is 0.536. The molecule has 176 valence electrons. The average molecular weight is 461 g/mol. The molecule has 7 nitrogen and oxygen atoms in total. The molecule has 1 aliphatic heterocycles. The summed E-state index contributed by atoms with van der Waals surface area (Å²) in [5.41, 5.74) is 1.85. The molecule has 0 saturated carbocycles. The summed E-state index contributed by atoms with van der Waals surface area (Å²) in [7, 11) is 1.57. The maximum atomic E-state index is 12.8. The zero-order chi connectivity index (χ0) is 23.4. The van der Waals surface area contributed by atoms with Crippen LogP contribution >= 0.6 is 0 Å². The van der Waals surface area contributed by atoms with E-state index in [1.807, 2.05) is 6.07 Å². The first-order chi connectivity index (χ1) is 15.8. The highest BCUT2D eigenvalue weighted by Crippen LogP contribution is 2.27. The van der Waals surface area contributed by atoms with E-state index in [9.17, 15) is 18.0 Å². The van der Waals surface area contributed by atoms with E-state index < -0.39 is 12.0 Å². The van der Waals surface area contributed by atoms with Gasteiger partial charge in [0.15, 0.2) is 0 Å². The maximum Gasteiger partial charge on any atom is 0.451 e. The van der Waals surface area contributed by atoms with Crippen molar-refractivity contribution in [3.8, 4) is 5.75 Å². The Balaban J connectivity index is 1.30. The smallest absolute Gasteiger partial charge is 0.451 e. The molecule has 0 amide bonds. The summed E-state index contributed by atoms with van der Waals surface area (Å²) >= 11 is 0. The van der Waals surface area contributed by atoms with Crippen LogP contribution in [0.3, 0.4) is 0 Å². The number of aromatic nitrogens is 4. The van der Waals surface area contributed by atoms with E-state index in [2.05, 4.69) is 19.9 Å². The number of halogens is 3. The van der Waals surface area contributed by atoms with Gasteiger partial charge in [-0.25, -0.2) is 9.97 Å². The summed E-state index contributed by atoms with van der Waals surface area (Å²) in [6.45, 7) is 3.08. The van der Waals surface area contributed by atoms with Crippen molar-refractivity contribution in [2.45, 2.75) is 38.4 Å². The lowest BCUT2D eigenvalue weighted by molar-refractivity contribution is -0.145. The van der Waals surface area contributed by atoms with Gasteiger partial charge in [0.2, 0.25) is 5.82 Å². The monoisotopic (exact) mass is 461 g/mol. The Hall–Kier alpha value is -3.01. The lowest BCUT2D eigenvalue weighted by atomic mass is 9.91. The standard InChI is InChI=1S/C23H26F3N5O2/c1-33-18-14-20-19(28-15-18)4-5-21(32)31(20)13-12-30-10-7-16(8-11-30)2-3-17-6-9-27-22(29-17)23(24,25)26/h4-6,9,14-16H,2-3,7-8,10-13H2,1H3. The average Bonchev–Trinajstić information content (AvgIpc) is 2.82. The fourth-order valence-corrected chi connectivity index (χ4v) is 4.26. The van der Waals surface area contributed by atoms with Crippen LogP contribution in [0.2, 0.25) is 0 Å². The number of nitrogens with zero attached hydrogens (tertiary/aromatic N) is 5. The van der Waals surface area contributed by atoms with Crippen LogP contribution in [-0.4, -0.2) is 51.2 Å². The number of fused-ring (bicyclic) bond motifs is 1. The van der Waals surface area contributed by atoms with Crippen LogP contribution in [0, 0.1) is 5.92 Å². The van der Waals surface area contributed by atoms with Crippen LogP contribution in [0.1, 0.15) is 30.8 Å². The Morgan fingerprint density at radius 1 is 1.12 bits per heavy atom. The molecule has 3 aromatic heterocycles. The van der Waals surface area contributed by atoms with E-state index in [4.69, 9.17) is 4.74 Å². The van der Waals surface area contributed by atoms with Crippen molar-refractivity contribution >= 4 is 11.0 Å². The molecule has 1 saturated heterocycles. The van der Waals surface area contributed by atoms with Crippen LogP contribution in [0.4, 0.5) is 13.2 Å². The van der Waals surface area contributed by atoms with Gasteiger partial charge >= 0.3 is 6.18 Å². The number of piperidine rings is 1. The first-order valence-corrected chi connectivity index (χ1v) is 11.0. The van der Waals surface area contributed by atoms with Crippen LogP contribution < -0.4 is 10.3 Å². The number of likely N-dealkylation sites (tertiary alicyclic amines) is 1. The van der Waals surface area contributed by atoms with Crippen LogP contribution in [-0.2, 0) is 19.1 Å². The first kappa shape index (κ1) is 23.2. The highest BCUT2D eigenvalue weighted by Gasteiger charge is 2.34. The summed E-state index contributed by atoms with van der Waals surface area (Å²) in [6, 6.07) is 6.63. The van der Waals surface area contributed by atoms with E-state index >= 15 is 0 Å². The Morgan fingerprint density at radius 2 is 1.91 bits per heavy atom. The van der Waals surface area contributed by atoms with Gasteiger partial charge in [0.1, 0.15) is 5.75 Å². The molecule has 4 heterocycles. The second-order valence-electron chi connectivity index (χ2n) is 8.30. The van der Waals surface area contributed by atoms with E-state index in [0.717, 1.165) is 49.9 Å². The van der Waals surface area contributed by atoms with E-state index in [1.54, 1.807) is 30.0 Å². The Labute approximate surface area is 189 Å².